The minimum Gasteiger partial charge on any atom is -0.462 e. The molecule has 0 atom stereocenters. The van der Waals surface area contributed by atoms with Crippen LogP contribution in [0.2, 0.25) is 0 Å². The van der Waals surface area contributed by atoms with E-state index in [-0.39, 0.29) is 29.5 Å². The zero-order valence-electron chi connectivity index (χ0n) is 17.4. The number of ether oxygens (including phenoxy) is 1. The number of halogens is 1. The maximum absolute atomic E-state index is 13.9. The van der Waals surface area contributed by atoms with E-state index in [1.54, 1.807) is 6.07 Å². The fraction of sp³-hybridized carbons (Fsp3) is 0.560. The summed E-state index contributed by atoms with van der Waals surface area (Å²) in [6.07, 6.45) is 12.7. The molecule has 2 saturated carbocycles. The van der Waals surface area contributed by atoms with Crippen LogP contribution in [0, 0.1) is 40.3 Å². The summed E-state index contributed by atoms with van der Waals surface area (Å²) in [4.78, 5) is 12.6. The molecule has 2 fully saturated rings. The second-order valence-corrected chi connectivity index (χ2v) is 8.59. The summed E-state index contributed by atoms with van der Waals surface area (Å²) < 4.78 is 19.7. The number of hydrogen-bond acceptors (Lipinski definition) is 4. The summed E-state index contributed by atoms with van der Waals surface area (Å²) in [5, 5.41) is 17.4. The zero-order valence-corrected chi connectivity index (χ0v) is 17.4. The van der Waals surface area contributed by atoms with Crippen molar-refractivity contribution in [3.8, 4) is 12.1 Å². The van der Waals surface area contributed by atoms with Crippen LogP contribution in [0.5, 0.6) is 0 Å². The van der Waals surface area contributed by atoms with Crippen molar-refractivity contribution in [2.75, 3.05) is 0 Å². The Kier molecular flexibility index (Phi) is 8.03. The highest BCUT2D eigenvalue weighted by molar-refractivity contribution is 5.72. The number of nitrogens with zero attached hydrogens (tertiary/aromatic N) is 2. The molecule has 0 saturated heterocycles. The molecule has 4 nitrogen and oxygen atoms in total. The van der Waals surface area contributed by atoms with Crippen molar-refractivity contribution in [1.82, 2.24) is 0 Å². The van der Waals surface area contributed by atoms with Gasteiger partial charge >= 0.3 is 5.97 Å². The Morgan fingerprint density at radius 3 is 2.47 bits per heavy atom. The third kappa shape index (κ3) is 5.92. The Balaban J connectivity index is 1.39. The number of benzene rings is 1. The van der Waals surface area contributed by atoms with Gasteiger partial charge in [0.15, 0.2) is 0 Å². The van der Waals surface area contributed by atoms with E-state index in [4.69, 9.17) is 15.3 Å². The molecular weight excluding hydrogens is 379 g/mol. The first-order valence-electron chi connectivity index (χ1n) is 11.1. The molecule has 5 heteroatoms. The average molecular weight is 409 g/mol. The van der Waals surface area contributed by atoms with Gasteiger partial charge in [-0.2, -0.15) is 10.5 Å². The van der Waals surface area contributed by atoms with Gasteiger partial charge in [0.05, 0.1) is 17.6 Å². The number of hydrogen-bond donors (Lipinski definition) is 0. The lowest BCUT2D eigenvalue weighted by atomic mass is 9.79. The minimum atomic E-state index is -0.458. The van der Waals surface area contributed by atoms with Crippen molar-refractivity contribution in [3.63, 3.8) is 0 Å². The molecule has 0 N–H and O–H groups in total. The smallest absolute Gasteiger partial charge is 0.309 e. The van der Waals surface area contributed by atoms with Crippen LogP contribution in [-0.2, 0) is 9.53 Å². The molecule has 0 aliphatic heterocycles. The van der Waals surface area contributed by atoms with Crippen molar-refractivity contribution in [2.24, 2.45) is 11.8 Å². The molecule has 30 heavy (non-hydrogen) atoms. The summed E-state index contributed by atoms with van der Waals surface area (Å²) in [5.41, 5.74) is 1.01. The molecule has 0 amide bonds. The topological polar surface area (TPSA) is 73.9 Å². The van der Waals surface area contributed by atoms with E-state index in [0.717, 1.165) is 69.8 Å². The molecule has 158 valence electrons. The summed E-state index contributed by atoms with van der Waals surface area (Å²) in [7, 11) is 0. The molecule has 1 aromatic rings. The highest BCUT2D eigenvalue weighted by atomic mass is 19.1. The van der Waals surface area contributed by atoms with E-state index in [1.807, 2.05) is 24.3 Å². The molecule has 3 rings (SSSR count). The number of carbonyl (C=O) groups is 1. The summed E-state index contributed by atoms with van der Waals surface area (Å²) >= 11 is 0. The van der Waals surface area contributed by atoms with Gasteiger partial charge in [0.2, 0.25) is 0 Å². The van der Waals surface area contributed by atoms with Crippen molar-refractivity contribution in [3.05, 3.63) is 47.3 Å². The quantitative estimate of drug-likeness (QED) is 0.432. The van der Waals surface area contributed by atoms with Gasteiger partial charge in [0, 0.05) is 6.08 Å². The van der Waals surface area contributed by atoms with Gasteiger partial charge in [-0.05, 0) is 93.7 Å². The Morgan fingerprint density at radius 1 is 1.10 bits per heavy atom. The molecule has 1 aromatic carbocycles. The summed E-state index contributed by atoms with van der Waals surface area (Å²) in [6.45, 7) is 0. The molecule has 0 heterocycles. The second kappa shape index (κ2) is 10.9. The number of carbonyl (C=O) groups excluding carboxylic acids is 1. The number of rotatable bonds is 6. The Hall–Kier alpha value is -2.66. The van der Waals surface area contributed by atoms with E-state index in [9.17, 15) is 9.18 Å². The predicted octanol–water partition coefficient (Wildman–Crippen LogP) is 5.93. The van der Waals surface area contributed by atoms with Crippen LogP contribution in [0.4, 0.5) is 4.39 Å². The van der Waals surface area contributed by atoms with E-state index in [0.29, 0.717) is 5.92 Å². The van der Waals surface area contributed by atoms with Crippen LogP contribution in [0.15, 0.2) is 30.4 Å². The lowest BCUT2D eigenvalue weighted by molar-refractivity contribution is -0.157. The van der Waals surface area contributed by atoms with Crippen molar-refractivity contribution in [1.29, 1.82) is 10.5 Å². The standard InChI is InChI=1S/C25H29FN2O2/c26-24-16-21(9-10-22(24)17-28)19-11-13-23(14-12-19)30-25(29)20-7-5-18(6-8-20)4-2-1-3-15-27/h1,3,9-10,16,18-20,23H,2,4-8,11-14H2. The first-order chi connectivity index (χ1) is 14.6. The number of allylic oxidation sites excluding steroid dienone is 2. The Morgan fingerprint density at radius 2 is 1.83 bits per heavy atom. The second-order valence-electron chi connectivity index (χ2n) is 8.59. The molecule has 2 aliphatic rings. The normalized spacial score (nSPS) is 26.6. The largest absolute Gasteiger partial charge is 0.462 e. The maximum atomic E-state index is 13.9. The Labute approximate surface area is 178 Å². The summed E-state index contributed by atoms with van der Waals surface area (Å²) in [5.74, 6) is 0.403. The minimum absolute atomic E-state index is 0.0150. The lowest BCUT2D eigenvalue weighted by Gasteiger charge is -2.31. The molecular formula is C25H29FN2O2. The van der Waals surface area contributed by atoms with Gasteiger partial charge in [-0.15, -0.1) is 0 Å². The van der Waals surface area contributed by atoms with Gasteiger partial charge in [-0.1, -0.05) is 12.1 Å². The van der Waals surface area contributed by atoms with Crippen LogP contribution < -0.4 is 0 Å². The number of esters is 1. The van der Waals surface area contributed by atoms with Crippen LogP contribution >= 0.6 is 0 Å². The van der Waals surface area contributed by atoms with E-state index in [1.165, 1.54) is 12.1 Å². The fourth-order valence-electron chi connectivity index (χ4n) is 4.81. The van der Waals surface area contributed by atoms with E-state index >= 15 is 0 Å². The van der Waals surface area contributed by atoms with Crippen molar-refractivity contribution >= 4 is 5.97 Å². The maximum Gasteiger partial charge on any atom is 0.309 e. The first kappa shape index (κ1) is 22.0. The summed E-state index contributed by atoms with van der Waals surface area (Å²) in [6, 6.07) is 8.74. The van der Waals surface area contributed by atoms with Crippen molar-refractivity contribution < 1.29 is 13.9 Å². The highest BCUT2D eigenvalue weighted by Crippen LogP contribution is 2.36. The van der Waals surface area contributed by atoms with Crippen molar-refractivity contribution in [2.45, 2.75) is 76.2 Å². The van der Waals surface area contributed by atoms with Crippen LogP contribution in [0.25, 0.3) is 0 Å². The predicted molar refractivity (Wildman–Crippen MR) is 112 cm³/mol. The molecule has 0 bridgehead atoms. The van der Waals surface area contributed by atoms with Gasteiger partial charge in [-0.3, -0.25) is 4.79 Å². The molecule has 0 radical (unpaired) electrons. The SMILES string of the molecule is N#CC=CCCC1CCC(C(=O)OC2CCC(c3ccc(C#N)c(F)c3)CC2)CC1. The van der Waals surface area contributed by atoms with E-state index < -0.39 is 5.82 Å². The fourth-order valence-corrected chi connectivity index (χ4v) is 4.81. The Bertz CT molecular complexity index is 836. The van der Waals surface area contributed by atoms with Crippen LogP contribution in [0.1, 0.15) is 81.3 Å². The van der Waals surface area contributed by atoms with Gasteiger partial charge in [0.1, 0.15) is 18.0 Å². The van der Waals surface area contributed by atoms with Gasteiger partial charge in [0.25, 0.3) is 0 Å². The van der Waals surface area contributed by atoms with Gasteiger partial charge < -0.3 is 4.74 Å². The van der Waals surface area contributed by atoms with E-state index in [2.05, 4.69) is 0 Å². The molecule has 0 aromatic heterocycles. The zero-order chi connectivity index (χ0) is 21.3. The average Bonchev–Trinajstić information content (AvgIpc) is 2.77. The first-order valence-corrected chi connectivity index (χ1v) is 11.1. The van der Waals surface area contributed by atoms with Crippen LogP contribution in [-0.4, -0.2) is 12.1 Å². The lowest BCUT2D eigenvalue weighted by Crippen LogP contribution is -2.29. The highest BCUT2D eigenvalue weighted by Gasteiger charge is 2.31. The van der Waals surface area contributed by atoms with Gasteiger partial charge in [-0.25, -0.2) is 4.39 Å². The third-order valence-electron chi connectivity index (χ3n) is 6.66. The molecule has 0 unspecified atom stereocenters. The number of nitriles is 2. The van der Waals surface area contributed by atoms with Crippen LogP contribution in [0.3, 0.4) is 0 Å². The monoisotopic (exact) mass is 408 g/mol. The molecule has 0 spiro atoms. The molecule has 2 aliphatic carbocycles. The third-order valence-corrected chi connectivity index (χ3v) is 6.66.